The zero-order valence-corrected chi connectivity index (χ0v) is 9.95. The lowest BCUT2D eigenvalue weighted by Crippen LogP contribution is -2.38. The summed E-state index contributed by atoms with van der Waals surface area (Å²) in [6.45, 7) is 2.38. The van der Waals surface area contributed by atoms with E-state index in [-0.39, 0.29) is 11.2 Å². The molecule has 0 atom stereocenters. The van der Waals surface area contributed by atoms with E-state index in [0.717, 1.165) is 12.2 Å². The van der Waals surface area contributed by atoms with Crippen molar-refractivity contribution in [2.45, 2.75) is 31.6 Å². The van der Waals surface area contributed by atoms with Crippen molar-refractivity contribution < 1.29 is 9.53 Å². The topological polar surface area (TPSA) is 26.3 Å². The van der Waals surface area contributed by atoms with Crippen LogP contribution in [0.25, 0.3) is 0 Å². The number of ether oxygens (including phenoxy) is 1. The Bertz CT molecular complexity index is 374. The van der Waals surface area contributed by atoms with Crippen molar-refractivity contribution in [3.05, 3.63) is 35.4 Å². The number of ketones is 1. The third-order valence-electron chi connectivity index (χ3n) is 3.64. The molecule has 16 heavy (non-hydrogen) atoms. The second-order valence-corrected chi connectivity index (χ2v) is 4.70. The van der Waals surface area contributed by atoms with E-state index in [0.29, 0.717) is 0 Å². The maximum absolute atomic E-state index is 11.2. The predicted molar refractivity (Wildman–Crippen MR) is 63.9 cm³/mol. The molecule has 86 valence electrons. The molecule has 2 nitrogen and oxygen atoms in total. The highest BCUT2D eigenvalue weighted by Crippen LogP contribution is 2.43. The minimum absolute atomic E-state index is 0.126. The molecular weight excluding hydrogens is 200 g/mol. The molecule has 0 N–H and O–H groups in total. The summed E-state index contributed by atoms with van der Waals surface area (Å²) >= 11 is 0. The highest BCUT2D eigenvalue weighted by atomic mass is 16.5. The molecule has 0 aromatic heterocycles. The van der Waals surface area contributed by atoms with Crippen LogP contribution < -0.4 is 0 Å². The first-order valence-electron chi connectivity index (χ1n) is 5.78. The smallest absolute Gasteiger partial charge is 0.159 e. The molecule has 1 fully saturated rings. The molecule has 0 aliphatic heterocycles. The Hall–Kier alpha value is -1.15. The molecule has 2 heteroatoms. The van der Waals surface area contributed by atoms with Crippen LogP contribution in [0.2, 0.25) is 0 Å². The molecule has 1 aromatic rings. The molecule has 1 aliphatic carbocycles. The number of rotatable bonds is 4. The number of benzene rings is 1. The third-order valence-corrected chi connectivity index (χ3v) is 3.64. The summed E-state index contributed by atoms with van der Waals surface area (Å²) < 4.78 is 5.31. The van der Waals surface area contributed by atoms with Gasteiger partial charge in [0.1, 0.15) is 0 Å². The number of Topliss-reactive ketones (excluding diaryl/α,β-unsaturated/α-hetero) is 1. The second-order valence-electron chi connectivity index (χ2n) is 4.70. The molecule has 0 radical (unpaired) electrons. The highest BCUT2D eigenvalue weighted by Gasteiger charge is 2.38. The first kappa shape index (κ1) is 11.3. The fourth-order valence-corrected chi connectivity index (χ4v) is 2.45. The van der Waals surface area contributed by atoms with E-state index in [1.807, 2.05) is 12.1 Å². The van der Waals surface area contributed by atoms with Crippen LogP contribution in [0.1, 0.15) is 42.1 Å². The maximum Gasteiger partial charge on any atom is 0.159 e. The van der Waals surface area contributed by atoms with Crippen LogP contribution in [0.15, 0.2) is 24.3 Å². The zero-order chi connectivity index (χ0) is 11.6. The minimum Gasteiger partial charge on any atom is -0.384 e. The van der Waals surface area contributed by atoms with Crippen LogP contribution in [0.4, 0.5) is 0 Å². The van der Waals surface area contributed by atoms with Crippen molar-refractivity contribution in [1.82, 2.24) is 0 Å². The van der Waals surface area contributed by atoms with Gasteiger partial charge in [-0.25, -0.2) is 0 Å². The normalized spacial score (nSPS) is 17.9. The fraction of sp³-hybridized carbons (Fsp3) is 0.500. The van der Waals surface area contributed by atoms with Crippen LogP contribution in [-0.2, 0) is 10.2 Å². The molecule has 0 amide bonds. The van der Waals surface area contributed by atoms with E-state index >= 15 is 0 Å². The molecule has 1 aliphatic rings. The summed E-state index contributed by atoms with van der Waals surface area (Å²) in [5.74, 6) is 0.126. The van der Waals surface area contributed by atoms with Crippen LogP contribution in [0.3, 0.4) is 0 Å². The Morgan fingerprint density at radius 2 is 1.94 bits per heavy atom. The average Bonchev–Trinajstić information content (AvgIpc) is 2.23. The maximum atomic E-state index is 11.2. The Balaban J connectivity index is 2.23. The van der Waals surface area contributed by atoms with Gasteiger partial charge in [-0.05, 0) is 25.3 Å². The number of carbonyl (C=O) groups excluding carboxylic acids is 1. The van der Waals surface area contributed by atoms with Crippen molar-refractivity contribution >= 4 is 5.78 Å². The molecule has 1 saturated carbocycles. The van der Waals surface area contributed by atoms with Gasteiger partial charge in [0.15, 0.2) is 5.78 Å². The largest absolute Gasteiger partial charge is 0.384 e. The van der Waals surface area contributed by atoms with Gasteiger partial charge < -0.3 is 4.74 Å². The summed E-state index contributed by atoms with van der Waals surface area (Å²) in [6.07, 6.45) is 3.67. The molecule has 0 bridgehead atoms. The summed E-state index contributed by atoms with van der Waals surface area (Å²) in [6, 6.07) is 8.00. The van der Waals surface area contributed by atoms with Gasteiger partial charge >= 0.3 is 0 Å². The summed E-state index contributed by atoms with van der Waals surface area (Å²) in [7, 11) is 1.75. The standard InChI is InChI=1S/C14H18O2/c1-11(15)12-4-6-13(7-5-12)14(10-16-2)8-3-9-14/h4-7H,3,8-10H2,1-2H3. The van der Waals surface area contributed by atoms with Gasteiger partial charge in [-0.15, -0.1) is 0 Å². The van der Waals surface area contributed by atoms with Gasteiger partial charge in [0.05, 0.1) is 6.61 Å². The van der Waals surface area contributed by atoms with Gasteiger partial charge in [0.2, 0.25) is 0 Å². The monoisotopic (exact) mass is 218 g/mol. The quantitative estimate of drug-likeness (QED) is 0.726. The highest BCUT2D eigenvalue weighted by molar-refractivity contribution is 5.94. The molecular formula is C14H18O2. The van der Waals surface area contributed by atoms with Crippen LogP contribution in [0.5, 0.6) is 0 Å². The Kier molecular flexibility index (Phi) is 3.10. The summed E-state index contributed by atoms with van der Waals surface area (Å²) in [4.78, 5) is 11.2. The van der Waals surface area contributed by atoms with Crippen LogP contribution >= 0.6 is 0 Å². The predicted octanol–water partition coefficient (Wildman–Crippen LogP) is 2.96. The third kappa shape index (κ3) is 1.90. The Morgan fingerprint density at radius 1 is 1.31 bits per heavy atom. The lowest BCUT2D eigenvalue weighted by molar-refractivity contribution is 0.0792. The molecule has 0 saturated heterocycles. The van der Waals surface area contributed by atoms with Crippen LogP contribution in [-0.4, -0.2) is 19.5 Å². The SMILES string of the molecule is COCC1(c2ccc(C(C)=O)cc2)CCC1. The van der Waals surface area contributed by atoms with Crippen molar-refractivity contribution in [2.24, 2.45) is 0 Å². The molecule has 0 spiro atoms. The minimum atomic E-state index is 0.126. The summed E-state index contributed by atoms with van der Waals surface area (Å²) in [5.41, 5.74) is 2.31. The fourth-order valence-electron chi connectivity index (χ4n) is 2.45. The lowest BCUT2D eigenvalue weighted by atomic mass is 9.65. The Labute approximate surface area is 96.6 Å². The number of methoxy groups -OCH3 is 1. The van der Waals surface area contributed by atoms with Crippen LogP contribution in [0, 0.1) is 0 Å². The Morgan fingerprint density at radius 3 is 2.31 bits per heavy atom. The van der Waals surface area contributed by atoms with Gasteiger partial charge in [0, 0.05) is 18.1 Å². The van der Waals surface area contributed by atoms with Crippen molar-refractivity contribution in [3.63, 3.8) is 0 Å². The van der Waals surface area contributed by atoms with E-state index in [9.17, 15) is 4.79 Å². The zero-order valence-electron chi connectivity index (χ0n) is 9.95. The van der Waals surface area contributed by atoms with E-state index in [4.69, 9.17) is 4.74 Å². The number of hydrogen-bond acceptors (Lipinski definition) is 2. The van der Waals surface area contributed by atoms with Crippen molar-refractivity contribution in [3.8, 4) is 0 Å². The van der Waals surface area contributed by atoms with Gasteiger partial charge in [-0.3, -0.25) is 4.79 Å². The molecule has 1 aromatic carbocycles. The first-order valence-corrected chi connectivity index (χ1v) is 5.78. The molecule has 0 heterocycles. The van der Waals surface area contributed by atoms with E-state index < -0.39 is 0 Å². The van der Waals surface area contributed by atoms with Gasteiger partial charge in [-0.2, -0.15) is 0 Å². The number of carbonyl (C=O) groups is 1. The average molecular weight is 218 g/mol. The summed E-state index contributed by atoms with van der Waals surface area (Å²) in [5, 5.41) is 0. The van der Waals surface area contributed by atoms with Crippen molar-refractivity contribution in [2.75, 3.05) is 13.7 Å². The first-order chi connectivity index (χ1) is 7.68. The molecule has 2 rings (SSSR count). The van der Waals surface area contributed by atoms with Gasteiger partial charge in [-0.1, -0.05) is 30.7 Å². The van der Waals surface area contributed by atoms with E-state index in [1.165, 1.54) is 24.8 Å². The second kappa shape index (κ2) is 4.38. The lowest BCUT2D eigenvalue weighted by Gasteiger charge is -2.42. The van der Waals surface area contributed by atoms with Crippen molar-refractivity contribution in [1.29, 1.82) is 0 Å². The van der Waals surface area contributed by atoms with E-state index in [1.54, 1.807) is 14.0 Å². The van der Waals surface area contributed by atoms with Gasteiger partial charge in [0.25, 0.3) is 0 Å². The number of hydrogen-bond donors (Lipinski definition) is 0. The molecule has 0 unspecified atom stereocenters. The van der Waals surface area contributed by atoms with E-state index in [2.05, 4.69) is 12.1 Å².